The lowest BCUT2D eigenvalue weighted by molar-refractivity contribution is 0.00346. The summed E-state index contributed by atoms with van der Waals surface area (Å²) in [5.41, 5.74) is 1.64. The van der Waals surface area contributed by atoms with Crippen LogP contribution >= 0.6 is 0 Å². The smallest absolute Gasteiger partial charge is 0.260 e. The molecule has 1 heterocycles. The maximum atomic E-state index is 13.7. The number of likely N-dealkylation sites (N-methyl/N-ethyl adjacent to an activating group) is 1. The molecule has 2 aromatic rings. The maximum absolute atomic E-state index is 13.7. The predicted molar refractivity (Wildman–Crippen MR) is 154 cm³/mol. The lowest BCUT2D eigenvalue weighted by Crippen LogP contribution is -2.48. The van der Waals surface area contributed by atoms with E-state index in [1.54, 1.807) is 40.6 Å². The normalized spacial score (nSPS) is 14.7. The predicted octanol–water partition coefficient (Wildman–Crippen LogP) is 5.81. The Hall–Kier alpha value is -3.13. The topological polar surface area (TPSA) is 69.7 Å². The van der Waals surface area contributed by atoms with E-state index in [1.807, 2.05) is 17.0 Å². The lowest BCUT2D eigenvalue weighted by Gasteiger charge is -2.37. The second-order valence-corrected chi connectivity index (χ2v) is 10.0. The summed E-state index contributed by atoms with van der Waals surface area (Å²) in [4.78, 5) is 17.8. The lowest BCUT2D eigenvalue weighted by atomic mass is 10.1. The number of amides is 1. The number of carbonyl (C=O) groups excluding carboxylic acids is 1. The van der Waals surface area contributed by atoms with Gasteiger partial charge in [-0.3, -0.25) is 4.79 Å². The third kappa shape index (κ3) is 7.94. The van der Waals surface area contributed by atoms with Crippen molar-refractivity contribution in [2.24, 2.45) is 0 Å². The highest BCUT2D eigenvalue weighted by molar-refractivity contribution is 5.98. The number of ether oxygens (including phenoxy) is 5. The molecule has 0 aromatic heterocycles. The molecule has 3 rings (SSSR count). The van der Waals surface area contributed by atoms with Crippen molar-refractivity contribution >= 4 is 5.91 Å². The average molecular weight is 543 g/mol. The molecule has 1 atom stereocenters. The van der Waals surface area contributed by atoms with Crippen molar-refractivity contribution in [3.63, 3.8) is 0 Å². The van der Waals surface area contributed by atoms with Gasteiger partial charge in [0.2, 0.25) is 0 Å². The highest BCUT2D eigenvalue weighted by Gasteiger charge is 2.34. The van der Waals surface area contributed by atoms with E-state index >= 15 is 0 Å². The van der Waals surface area contributed by atoms with Crippen LogP contribution in [-0.2, 0) is 6.42 Å². The molecule has 0 bridgehead atoms. The fraction of sp³-hybridized carbons (Fsp3) is 0.581. The molecular formula is C31H46N2O6. The number of benzene rings is 2. The third-order valence-corrected chi connectivity index (χ3v) is 7.33. The number of methoxy groups -OCH3 is 4. The van der Waals surface area contributed by atoms with E-state index in [9.17, 15) is 4.79 Å². The van der Waals surface area contributed by atoms with Crippen LogP contribution in [0.25, 0.3) is 0 Å². The van der Waals surface area contributed by atoms with Gasteiger partial charge in [-0.1, -0.05) is 44.7 Å². The number of rotatable bonds is 17. The quantitative estimate of drug-likeness (QED) is 0.234. The number of hydrogen-bond acceptors (Lipinski definition) is 7. The third-order valence-electron chi connectivity index (χ3n) is 7.33. The Labute approximate surface area is 234 Å². The first-order valence-corrected chi connectivity index (χ1v) is 14.1. The number of fused-ring (bicyclic) bond motifs is 1. The molecule has 1 amide bonds. The van der Waals surface area contributed by atoms with Gasteiger partial charge in [-0.2, -0.15) is 0 Å². The van der Waals surface area contributed by atoms with E-state index in [-0.39, 0.29) is 12.1 Å². The van der Waals surface area contributed by atoms with Gasteiger partial charge in [-0.15, -0.1) is 0 Å². The van der Waals surface area contributed by atoms with Gasteiger partial charge in [-0.25, -0.2) is 0 Å². The molecule has 8 heteroatoms. The number of carbonyl (C=O) groups is 1. The minimum Gasteiger partial charge on any atom is -0.493 e. The summed E-state index contributed by atoms with van der Waals surface area (Å²) in [7, 11) is 8.61. The largest absolute Gasteiger partial charge is 0.493 e. The fourth-order valence-corrected chi connectivity index (χ4v) is 5.09. The van der Waals surface area contributed by atoms with Crippen molar-refractivity contribution in [3.05, 3.63) is 41.5 Å². The number of nitrogens with zero attached hydrogens (tertiary/aromatic N) is 2. The summed E-state index contributed by atoms with van der Waals surface area (Å²) in [6, 6.07) is 9.48. The molecule has 1 aliphatic heterocycles. The molecule has 0 aliphatic carbocycles. The molecule has 1 aliphatic rings. The van der Waals surface area contributed by atoms with Gasteiger partial charge in [0, 0.05) is 31.6 Å². The average Bonchev–Trinajstić information content (AvgIpc) is 2.96. The molecule has 0 spiro atoms. The van der Waals surface area contributed by atoms with Crippen molar-refractivity contribution in [1.29, 1.82) is 0 Å². The Bertz CT molecular complexity index is 1060. The van der Waals surface area contributed by atoms with E-state index < -0.39 is 0 Å². The molecule has 0 radical (unpaired) electrons. The van der Waals surface area contributed by atoms with Gasteiger partial charge < -0.3 is 33.5 Å². The monoisotopic (exact) mass is 542 g/mol. The number of hydrogen-bond donors (Lipinski definition) is 0. The van der Waals surface area contributed by atoms with E-state index in [0.29, 0.717) is 29.4 Å². The standard InChI is InChI=1S/C31H46N2O6/c1-7-8-9-10-11-16-29-33(31(34)24-21-27(36-4)28(37-5)22-26(24)39-29)19-13-18-32(2)20-17-23-14-12-15-25(35-3)30(23)38-6/h12,14-15,21-22,29H,7-11,13,16-20H2,1-6H3. The highest BCUT2D eigenvalue weighted by atomic mass is 16.5. The van der Waals surface area contributed by atoms with Crippen LogP contribution in [0.2, 0.25) is 0 Å². The first-order chi connectivity index (χ1) is 19.0. The van der Waals surface area contributed by atoms with Gasteiger partial charge in [0.25, 0.3) is 5.91 Å². The van der Waals surface area contributed by atoms with Crippen molar-refractivity contribution < 1.29 is 28.5 Å². The summed E-state index contributed by atoms with van der Waals surface area (Å²) in [6.07, 6.45) is 8.05. The molecule has 216 valence electrons. The summed E-state index contributed by atoms with van der Waals surface area (Å²) in [6.45, 7) is 4.57. The van der Waals surface area contributed by atoms with Crippen LogP contribution in [-0.4, -0.2) is 77.1 Å². The van der Waals surface area contributed by atoms with Gasteiger partial charge in [-0.05, 0) is 44.5 Å². The summed E-state index contributed by atoms with van der Waals surface area (Å²) in [5, 5.41) is 0. The molecule has 0 N–H and O–H groups in total. The molecule has 0 fully saturated rings. The van der Waals surface area contributed by atoms with Crippen LogP contribution in [0.15, 0.2) is 30.3 Å². The first-order valence-electron chi connectivity index (χ1n) is 14.1. The molecule has 2 aromatic carbocycles. The van der Waals surface area contributed by atoms with Crippen LogP contribution in [0.4, 0.5) is 0 Å². The fourth-order valence-electron chi connectivity index (χ4n) is 5.09. The Morgan fingerprint density at radius 3 is 2.28 bits per heavy atom. The van der Waals surface area contributed by atoms with Crippen LogP contribution in [0, 0.1) is 0 Å². The maximum Gasteiger partial charge on any atom is 0.260 e. The van der Waals surface area contributed by atoms with Crippen LogP contribution in [0.5, 0.6) is 28.7 Å². The molecule has 8 nitrogen and oxygen atoms in total. The molecule has 0 saturated heterocycles. The summed E-state index contributed by atoms with van der Waals surface area (Å²) < 4.78 is 28.3. The Kier molecular flexibility index (Phi) is 12.1. The zero-order chi connectivity index (χ0) is 28.2. The van der Waals surface area contributed by atoms with Crippen molar-refractivity contribution in [2.75, 3.05) is 55.1 Å². The van der Waals surface area contributed by atoms with Gasteiger partial charge in [0.05, 0.1) is 34.0 Å². The Morgan fingerprint density at radius 1 is 0.872 bits per heavy atom. The molecule has 1 unspecified atom stereocenters. The van der Waals surface area contributed by atoms with Crippen LogP contribution in [0.1, 0.15) is 67.8 Å². The molecule has 0 saturated carbocycles. The highest BCUT2D eigenvalue weighted by Crippen LogP contribution is 2.39. The van der Waals surface area contributed by atoms with E-state index in [4.69, 9.17) is 23.7 Å². The number of para-hydroxylation sites is 1. The molecular weight excluding hydrogens is 496 g/mol. The second kappa shape index (κ2) is 15.5. The second-order valence-electron chi connectivity index (χ2n) is 10.0. The van der Waals surface area contributed by atoms with Gasteiger partial charge in [0.15, 0.2) is 29.2 Å². The van der Waals surface area contributed by atoms with Crippen molar-refractivity contribution in [1.82, 2.24) is 9.80 Å². The summed E-state index contributed by atoms with van der Waals surface area (Å²) in [5.74, 6) is 3.18. The van der Waals surface area contributed by atoms with Crippen LogP contribution < -0.4 is 23.7 Å². The van der Waals surface area contributed by atoms with E-state index in [1.165, 1.54) is 19.3 Å². The van der Waals surface area contributed by atoms with E-state index in [2.05, 4.69) is 24.9 Å². The Morgan fingerprint density at radius 2 is 1.59 bits per heavy atom. The van der Waals surface area contributed by atoms with Gasteiger partial charge in [0.1, 0.15) is 5.75 Å². The van der Waals surface area contributed by atoms with Gasteiger partial charge >= 0.3 is 0 Å². The summed E-state index contributed by atoms with van der Waals surface area (Å²) >= 11 is 0. The minimum absolute atomic E-state index is 0.0143. The van der Waals surface area contributed by atoms with Crippen LogP contribution in [0.3, 0.4) is 0 Å². The first kappa shape index (κ1) is 30.4. The minimum atomic E-state index is -0.281. The molecule has 39 heavy (non-hydrogen) atoms. The SMILES string of the molecule is CCCCCCCC1Oc2cc(OC)c(OC)cc2C(=O)N1CCCN(C)CCc1cccc(OC)c1OC. The zero-order valence-corrected chi connectivity index (χ0v) is 24.6. The Balaban J connectivity index is 1.63. The van der Waals surface area contributed by atoms with Crippen molar-refractivity contribution in [2.45, 2.75) is 64.5 Å². The number of unbranched alkanes of at least 4 members (excludes halogenated alkanes) is 4. The van der Waals surface area contributed by atoms with Crippen molar-refractivity contribution in [3.8, 4) is 28.7 Å². The zero-order valence-electron chi connectivity index (χ0n) is 24.6. The van der Waals surface area contributed by atoms with E-state index in [0.717, 1.165) is 62.3 Å².